The molecule has 7 heteroatoms. The molecular weight excluding hydrogens is 222 g/mol. The molecule has 0 aliphatic heterocycles. The SMILES string of the molecule is CNC(=O)Nc1ccc([N+](=O)[O-])cc1Cl. The number of carbonyl (C=O) groups excluding carboxylic acids is 1. The highest BCUT2D eigenvalue weighted by molar-refractivity contribution is 6.33. The van der Waals surface area contributed by atoms with Crippen LogP contribution < -0.4 is 10.6 Å². The highest BCUT2D eigenvalue weighted by Gasteiger charge is 2.10. The molecule has 0 aliphatic carbocycles. The maximum Gasteiger partial charge on any atom is 0.319 e. The first-order valence-corrected chi connectivity index (χ1v) is 4.35. The van der Waals surface area contributed by atoms with E-state index in [-0.39, 0.29) is 10.7 Å². The molecule has 1 rings (SSSR count). The van der Waals surface area contributed by atoms with Gasteiger partial charge in [-0.3, -0.25) is 10.1 Å². The van der Waals surface area contributed by atoms with Gasteiger partial charge < -0.3 is 10.6 Å². The first-order chi connectivity index (χ1) is 7.04. The van der Waals surface area contributed by atoms with Crippen molar-refractivity contribution in [1.82, 2.24) is 5.32 Å². The van der Waals surface area contributed by atoms with E-state index in [0.29, 0.717) is 5.69 Å². The van der Waals surface area contributed by atoms with Crippen LogP contribution in [0.15, 0.2) is 18.2 Å². The molecule has 1 aromatic rings. The minimum Gasteiger partial charge on any atom is -0.341 e. The second kappa shape index (κ2) is 4.61. The number of halogens is 1. The van der Waals surface area contributed by atoms with Crippen LogP contribution in [-0.4, -0.2) is 18.0 Å². The number of amides is 2. The van der Waals surface area contributed by atoms with E-state index in [4.69, 9.17) is 11.6 Å². The Balaban J connectivity index is 2.93. The Hall–Kier alpha value is -1.82. The first-order valence-electron chi connectivity index (χ1n) is 3.97. The van der Waals surface area contributed by atoms with Gasteiger partial charge >= 0.3 is 6.03 Å². The Kier molecular flexibility index (Phi) is 3.46. The van der Waals surface area contributed by atoms with Crippen LogP contribution >= 0.6 is 11.6 Å². The molecule has 6 nitrogen and oxygen atoms in total. The van der Waals surface area contributed by atoms with Crippen LogP contribution in [0.5, 0.6) is 0 Å². The summed E-state index contributed by atoms with van der Waals surface area (Å²) >= 11 is 5.73. The van der Waals surface area contributed by atoms with Gasteiger partial charge in [0, 0.05) is 19.2 Å². The van der Waals surface area contributed by atoms with E-state index in [1.165, 1.54) is 25.2 Å². The standard InChI is InChI=1S/C8H8ClN3O3/c1-10-8(13)11-7-3-2-5(12(14)15)4-6(7)9/h2-4H,1H3,(H2,10,11,13). The Bertz CT molecular complexity index is 408. The second-order valence-electron chi connectivity index (χ2n) is 2.63. The number of non-ortho nitro benzene ring substituents is 1. The lowest BCUT2D eigenvalue weighted by atomic mass is 10.3. The molecule has 0 fully saturated rings. The summed E-state index contributed by atoms with van der Waals surface area (Å²) < 4.78 is 0. The third-order valence-electron chi connectivity index (χ3n) is 1.64. The number of urea groups is 1. The number of nitrogens with zero attached hydrogens (tertiary/aromatic N) is 1. The molecule has 0 aliphatic rings. The Labute approximate surface area is 90.4 Å². The molecule has 0 saturated heterocycles. The van der Waals surface area contributed by atoms with Crippen molar-refractivity contribution in [2.24, 2.45) is 0 Å². The van der Waals surface area contributed by atoms with Crippen molar-refractivity contribution < 1.29 is 9.72 Å². The number of carbonyl (C=O) groups is 1. The average molecular weight is 230 g/mol. The van der Waals surface area contributed by atoms with Crippen molar-refractivity contribution >= 4 is 29.0 Å². The molecule has 0 bridgehead atoms. The average Bonchev–Trinajstić information content (AvgIpc) is 2.20. The molecule has 0 unspecified atom stereocenters. The van der Waals surface area contributed by atoms with Crippen LogP contribution in [0.25, 0.3) is 0 Å². The third-order valence-corrected chi connectivity index (χ3v) is 1.95. The van der Waals surface area contributed by atoms with Crippen molar-refractivity contribution in [2.45, 2.75) is 0 Å². The molecule has 1 aromatic carbocycles. The molecule has 15 heavy (non-hydrogen) atoms. The third kappa shape index (κ3) is 2.81. The summed E-state index contributed by atoms with van der Waals surface area (Å²) in [5.74, 6) is 0. The Morgan fingerprint density at radius 3 is 2.67 bits per heavy atom. The van der Waals surface area contributed by atoms with E-state index in [0.717, 1.165) is 0 Å². The van der Waals surface area contributed by atoms with Gasteiger partial charge in [0.2, 0.25) is 0 Å². The summed E-state index contributed by atoms with van der Waals surface area (Å²) in [6, 6.07) is 3.37. The highest BCUT2D eigenvalue weighted by Crippen LogP contribution is 2.26. The van der Waals surface area contributed by atoms with Gasteiger partial charge in [0.05, 0.1) is 15.6 Å². The lowest BCUT2D eigenvalue weighted by Crippen LogP contribution is -2.24. The largest absolute Gasteiger partial charge is 0.341 e. The molecule has 0 atom stereocenters. The number of nitrogens with one attached hydrogen (secondary N) is 2. The van der Waals surface area contributed by atoms with Crippen molar-refractivity contribution in [3.63, 3.8) is 0 Å². The van der Waals surface area contributed by atoms with Crippen molar-refractivity contribution in [3.05, 3.63) is 33.3 Å². The van der Waals surface area contributed by atoms with E-state index < -0.39 is 11.0 Å². The number of anilines is 1. The number of benzene rings is 1. The van der Waals surface area contributed by atoms with Gasteiger partial charge in [-0.05, 0) is 6.07 Å². The van der Waals surface area contributed by atoms with Crippen LogP contribution in [0.3, 0.4) is 0 Å². The van der Waals surface area contributed by atoms with Crippen LogP contribution in [0.1, 0.15) is 0 Å². The molecule has 80 valence electrons. The number of rotatable bonds is 2. The fourth-order valence-electron chi connectivity index (χ4n) is 0.904. The van der Waals surface area contributed by atoms with Crippen LogP contribution in [0, 0.1) is 10.1 Å². The number of nitro groups is 1. The van der Waals surface area contributed by atoms with E-state index in [1.807, 2.05) is 0 Å². The summed E-state index contributed by atoms with van der Waals surface area (Å²) in [5, 5.41) is 15.3. The summed E-state index contributed by atoms with van der Waals surface area (Å²) in [6.45, 7) is 0. The van der Waals surface area contributed by atoms with Crippen LogP contribution in [-0.2, 0) is 0 Å². The fourth-order valence-corrected chi connectivity index (χ4v) is 1.13. The Morgan fingerprint density at radius 2 is 2.20 bits per heavy atom. The zero-order valence-corrected chi connectivity index (χ0v) is 8.54. The highest BCUT2D eigenvalue weighted by atomic mass is 35.5. The van der Waals surface area contributed by atoms with Crippen LogP contribution in [0.2, 0.25) is 5.02 Å². The predicted octanol–water partition coefficient (Wildman–Crippen LogP) is 2.00. The van der Waals surface area contributed by atoms with Gasteiger partial charge in [-0.2, -0.15) is 0 Å². The normalized spacial score (nSPS) is 9.47. The van der Waals surface area contributed by atoms with Crippen molar-refractivity contribution in [1.29, 1.82) is 0 Å². The smallest absolute Gasteiger partial charge is 0.319 e. The zero-order valence-electron chi connectivity index (χ0n) is 7.78. The van der Waals surface area contributed by atoms with Gasteiger partial charge in [-0.15, -0.1) is 0 Å². The predicted molar refractivity (Wildman–Crippen MR) is 56.2 cm³/mol. The molecule has 0 radical (unpaired) electrons. The van der Waals surface area contributed by atoms with E-state index in [1.54, 1.807) is 0 Å². The molecule has 0 spiro atoms. The summed E-state index contributed by atoms with van der Waals surface area (Å²) in [4.78, 5) is 20.8. The monoisotopic (exact) mass is 229 g/mol. The molecule has 2 amide bonds. The molecule has 0 saturated carbocycles. The quantitative estimate of drug-likeness (QED) is 0.601. The lowest BCUT2D eigenvalue weighted by molar-refractivity contribution is -0.384. The summed E-state index contributed by atoms with van der Waals surface area (Å²) in [5.41, 5.74) is 0.198. The van der Waals surface area contributed by atoms with E-state index in [9.17, 15) is 14.9 Å². The lowest BCUT2D eigenvalue weighted by Gasteiger charge is -2.05. The molecule has 0 aromatic heterocycles. The minimum absolute atomic E-state index is 0.118. The minimum atomic E-state index is -0.560. The number of nitro benzene ring substituents is 1. The zero-order chi connectivity index (χ0) is 11.4. The van der Waals surface area contributed by atoms with E-state index in [2.05, 4.69) is 10.6 Å². The van der Waals surface area contributed by atoms with Gasteiger partial charge in [0.15, 0.2) is 0 Å². The number of hydrogen-bond acceptors (Lipinski definition) is 3. The first kappa shape index (κ1) is 11.3. The van der Waals surface area contributed by atoms with Gasteiger partial charge in [0.1, 0.15) is 0 Å². The Morgan fingerprint density at radius 1 is 1.53 bits per heavy atom. The maximum atomic E-state index is 10.9. The van der Waals surface area contributed by atoms with E-state index >= 15 is 0 Å². The fraction of sp³-hybridized carbons (Fsp3) is 0.125. The van der Waals surface area contributed by atoms with Gasteiger partial charge in [0.25, 0.3) is 5.69 Å². The molecular formula is C8H8ClN3O3. The number of hydrogen-bond donors (Lipinski definition) is 2. The summed E-state index contributed by atoms with van der Waals surface area (Å²) in [6.07, 6.45) is 0. The van der Waals surface area contributed by atoms with Crippen molar-refractivity contribution in [2.75, 3.05) is 12.4 Å². The topological polar surface area (TPSA) is 84.3 Å². The maximum absolute atomic E-state index is 10.9. The van der Waals surface area contributed by atoms with Gasteiger partial charge in [-0.1, -0.05) is 11.6 Å². The summed E-state index contributed by atoms with van der Waals surface area (Å²) in [7, 11) is 1.45. The van der Waals surface area contributed by atoms with Crippen LogP contribution in [0.4, 0.5) is 16.2 Å². The second-order valence-corrected chi connectivity index (χ2v) is 3.03. The van der Waals surface area contributed by atoms with Crippen molar-refractivity contribution in [3.8, 4) is 0 Å². The molecule has 2 N–H and O–H groups in total. The van der Waals surface area contributed by atoms with Gasteiger partial charge in [-0.25, -0.2) is 4.79 Å². The molecule has 0 heterocycles.